The van der Waals surface area contributed by atoms with Crippen molar-refractivity contribution in [3.05, 3.63) is 65.2 Å². The van der Waals surface area contributed by atoms with Crippen LogP contribution in [0.3, 0.4) is 0 Å². The van der Waals surface area contributed by atoms with Crippen LogP contribution in [0.4, 0.5) is 5.69 Å². The lowest BCUT2D eigenvalue weighted by Gasteiger charge is -2.27. The Kier molecular flexibility index (Phi) is 4.69. The summed E-state index contributed by atoms with van der Waals surface area (Å²) in [5, 5.41) is 24.7. The molecule has 2 aromatic rings. The third kappa shape index (κ3) is 3.82. The van der Waals surface area contributed by atoms with Crippen LogP contribution in [-0.4, -0.2) is 46.3 Å². The summed E-state index contributed by atoms with van der Waals surface area (Å²) < 4.78 is 0. The Bertz CT molecular complexity index is 900. The van der Waals surface area contributed by atoms with Crippen LogP contribution in [0.5, 0.6) is 0 Å². The number of nitrogens with one attached hydrogen (secondary N) is 1. The molecule has 5 rings (SSSR count). The average molecular weight is 392 g/mol. The fraction of sp³-hybridized carbons (Fsp3) is 0.458. The maximum atomic E-state index is 11.5. The Hall–Kier alpha value is -2.21. The summed E-state index contributed by atoms with van der Waals surface area (Å²) in [5.41, 5.74) is 3.31. The Balaban J connectivity index is 1.18. The molecule has 5 nitrogen and oxygen atoms in total. The van der Waals surface area contributed by atoms with E-state index in [1.54, 1.807) is 0 Å². The van der Waals surface area contributed by atoms with Gasteiger partial charge in [-0.05, 0) is 47.4 Å². The Labute approximate surface area is 171 Å². The quantitative estimate of drug-likeness (QED) is 0.731. The maximum absolute atomic E-state index is 11.5. The van der Waals surface area contributed by atoms with Crippen LogP contribution in [0.2, 0.25) is 0 Å². The van der Waals surface area contributed by atoms with E-state index in [1.807, 2.05) is 36.4 Å². The van der Waals surface area contributed by atoms with Crippen LogP contribution >= 0.6 is 0 Å². The summed E-state index contributed by atoms with van der Waals surface area (Å²) in [6, 6.07) is 16.0. The van der Waals surface area contributed by atoms with Gasteiger partial charge in [0.25, 0.3) is 0 Å². The van der Waals surface area contributed by atoms with Gasteiger partial charge in [0.1, 0.15) is 0 Å². The topological polar surface area (TPSA) is 72.8 Å². The van der Waals surface area contributed by atoms with Gasteiger partial charge >= 0.3 is 0 Å². The molecule has 0 bridgehead atoms. The van der Waals surface area contributed by atoms with Crippen molar-refractivity contribution in [3.63, 3.8) is 0 Å². The van der Waals surface area contributed by atoms with Gasteiger partial charge in [-0.25, -0.2) is 0 Å². The Morgan fingerprint density at radius 1 is 1.10 bits per heavy atom. The van der Waals surface area contributed by atoms with E-state index in [-0.39, 0.29) is 5.91 Å². The zero-order valence-electron chi connectivity index (χ0n) is 16.6. The van der Waals surface area contributed by atoms with E-state index in [4.69, 9.17) is 0 Å². The molecule has 0 spiro atoms. The first-order valence-corrected chi connectivity index (χ1v) is 10.6. The van der Waals surface area contributed by atoms with Crippen LogP contribution in [-0.2, 0) is 17.6 Å². The summed E-state index contributed by atoms with van der Waals surface area (Å²) >= 11 is 0. The minimum absolute atomic E-state index is 0.0157. The summed E-state index contributed by atoms with van der Waals surface area (Å²) in [7, 11) is 0. The Morgan fingerprint density at radius 2 is 1.83 bits per heavy atom. The molecule has 2 aromatic carbocycles. The highest BCUT2D eigenvalue weighted by Gasteiger charge is 2.48. The van der Waals surface area contributed by atoms with Crippen molar-refractivity contribution in [3.8, 4) is 0 Å². The molecule has 3 aliphatic rings. The second-order valence-electron chi connectivity index (χ2n) is 9.19. The zero-order valence-corrected chi connectivity index (χ0v) is 16.6. The smallest absolute Gasteiger partial charge is 0.228 e. The lowest BCUT2D eigenvalue weighted by atomic mass is 9.91. The largest absolute Gasteiger partial charge is 0.390 e. The molecular formula is C24H28N2O3. The first-order chi connectivity index (χ1) is 14.0. The number of benzene rings is 2. The minimum Gasteiger partial charge on any atom is -0.390 e. The number of carbonyl (C=O) groups is 1. The monoisotopic (exact) mass is 392 g/mol. The highest BCUT2D eigenvalue weighted by Crippen LogP contribution is 2.45. The summed E-state index contributed by atoms with van der Waals surface area (Å²) in [5.74, 6) is 1.01. The van der Waals surface area contributed by atoms with E-state index in [0.29, 0.717) is 24.8 Å². The van der Waals surface area contributed by atoms with Crippen molar-refractivity contribution in [1.82, 2.24) is 4.90 Å². The van der Waals surface area contributed by atoms with Crippen molar-refractivity contribution in [2.75, 3.05) is 25.0 Å². The van der Waals surface area contributed by atoms with Gasteiger partial charge in [-0.15, -0.1) is 0 Å². The third-order valence-corrected chi connectivity index (χ3v) is 6.88. The molecule has 29 heavy (non-hydrogen) atoms. The van der Waals surface area contributed by atoms with Gasteiger partial charge in [0.15, 0.2) is 0 Å². The minimum atomic E-state index is -0.596. The number of carbonyl (C=O) groups excluding carboxylic acids is 1. The van der Waals surface area contributed by atoms with Gasteiger partial charge in [-0.3, -0.25) is 9.69 Å². The lowest BCUT2D eigenvalue weighted by molar-refractivity contribution is -0.115. The predicted molar refractivity (Wildman–Crippen MR) is 111 cm³/mol. The number of hydrogen-bond donors (Lipinski definition) is 3. The lowest BCUT2D eigenvalue weighted by Crippen LogP contribution is -2.33. The van der Waals surface area contributed by atoms with Gasteiger partial charge in [0.2, 0.25) is 5.91 Å². The van der Waals surface area contributed by atoms with Crippen molar-refractivity contribution < 1.29 is 15.0 Å². The molecular weight excluding hydrogens is 364 g/mol. The van der Waals surface area contributed by atoms with Crippen LogP contribution in [0.25, 0.3) is 0 Å². The summed E-state index contributed by atoms with van der Waals surface area (Å²) in [6.07, 6.45) is 2.24. The zero-order chi connectivity index (χ0) is 20.0. The number of aliphatic hydroxyl groups is 2. The van der Waals surface area contributed by atoms with E-state index >= 15 is 0 Å². The van der Waals surface area contributed by atoms with Gasteiger partial charge in [0.05, 0.1) is 18.1 Å². The number of amides is 1. The molecule has 1 aliphatic carbocycles. The average Bonchev–Trinajstić information content (AvgIpc) is 3.31. The molecule has 2 fully saturated rings. The molecule has 4 atom stereocenters. The highest BCUT2D eigenvalue weighted by atomic mass is 16.3. The second kappa shape index (κ2) is 7.24. The Morgan fingerprint density at radius 3 is 2.55 bits per heavy atom. The number of β-amino-alcohol motifs (C(OH)–C–C–N with tert-alkyl or cyclic N) is 1. The fourth-order valence-electron chi connectivity index (χ4n) is 5.63. The predicted octanol–water partition coefficient (Wildman–Crippen LogP) is 2.53. The number of hydrogen-bond acceptors (Lipinski definition) is 4. The van der Waals surface area contributed by atoms with E-state index in [2.05, 4.69) is 22.3 Å². The van der Waals surface area contributed by atoms with Crippen LogP contribution < -0.4 is 5.32 Å². The first kappa shape index (κ1) is 18.8. The molecule has 1 saturated carbocycles. The van der Waals surface area contributed by atoms with Crippen LogP contribution in [0, 0.1) is 11.8 Å². The molecule has 152 valence electrons. The molecule has 2 aliphatic heterocycles. The molecule has 1 saturated heterocycles. The first-order valence-electron chi connectivity index (χ1n) is 10.6. The number of nitrogens with zero attached hydrogens (tertiary/aromatic N) is 1. The number of anilines is 1. The van der Waals surface area contributed by atoms with Gasteiger partial charge < -0.3 is 15.5 Å². The van der Waals surface area contributed by atoms with Gasteiger partial charge in [-0.2, -0.15) is 0 Å². The highest BCUT2D eigenvalue weighted by molar-refractivity contribution is 5.99. The standard InChI is InChI=1S/C24H28N2O3/c27-22(17-6-7-21-18(8-17)9-23(28)25-21)15-26-13-19-11-24(29,12-20(19)14-26)10-16-4-2-1-3-5-16/h1-8,19-20,22,27,29H,9-15H2,(H,25,28)/t19-,20+,22?,24?. The maximum Gasteiger partial charge on any atom is 0.228 e. The van der Waals surface area contributed by atoms with E-state index in [9.17, 15) is 15.0 Å². The molecule has 0 aromatic heterocycles. The van der Waals surface area contributed by atoms with Crippen LogP contribution in [0.15, 0.2) is 48.5 Å². The van der Waals surface area contributed by atoms with Crippen molar-refractivity contribution >= 4 is 11.6 Å². The molecule has 1 amide bonds. The number of rotatable bonds is 5. The third-order valence-electron chi connectivity index (χ3n) is 6.88. The molecule has 3 N–H and O–H groups in total. The summed E-state index contributed by atoms with van der Waals surface area (Å²) in [4.78, 5) is 13.9. The SMILES string of the molecule is O=C1Cc2cc(C(O)CN3C[C@@H]4CC(O)(Cc5ccccc5)C[C@@H]4C3)ccc2N1. The van der Waals surface area contributed by atoms with Crippen molar-refractivity contribution in [2.24, 2.45) is 11.8 Å². The van der Waals surface area contributed by atoms with Gasteiger partial charge in [-0.1, -0.05) is 42.5 Å². The molecule has 2 unspecified atom stereocenters. The molecule has 2 heterocycles. The second-order valence-corrected chi connectivity index (χ2v) is 9.19. The number of fused-ring (bicyclic) bond motifs is 2. The van der Waals surface area contributed by atoms with E-state index in [0.717, 1.165) is 49.2 Å². The van der Waals surface area contributed by atoms with Crippen molar-refractivity contribution in [1.29, 1.82) is 0 Å². The van der Waals surface area contributed by atoms with Crippen LogP contribution in [0.1, 0.15) is 35.6 Å². The number of aliphatic hydroxyl groups excluding tert-OH is 1. The van der Waals surface area contributed by atoms with Gasteiger partial charge in [0, 0.05) is 31.7 Å². The molecule has 5 heteroatoms. The van der Waals surface area contributed by atoms with E-state index < -0.39 is 11.7 Å². The normalized spacial score (nSPS) is 29.5. The fourth-order valence-corrected chi connectivity index (χ4v) is 5.63. The number of likely N-dealkylation sites (tertiary alicyclic amines) is 1. The molecule has 0 radical (unpaired) electrons. The van der Waals surface area contributed by atoms with Crippen molar-refractivity contribution in [2.45, 2.75) is 37.4 Å². The van der Waals surface area contributed by atoms with E-state index in [1.165, 1.54) is 5.56 Å². The summed E-state index contributed by atoms with van der Waals surface area (Å²) in [6.45, 7) is 2.47.